The second-order valence-corrected chi connectivity index (χ2v) is 9.68. The fourth-order valence-electron chi connectivity index (χ4n) is 3.05. The van der Waals surface area contributed by atoms with E-state index in [-0.39, 0.29) is 11.8 Å². The van der Waals surface area contributed by atoms with Crippen LogP contribution in [-0.2, 0) is 10.4 Å². The summed E-state index contributed by atoms with van der Waals surface area (Å²) in [5, 5.41) is 18.3. The van der Waals surface area contributed by atoms with Crippen LogP contribution in [0.15, 0.2) is 60.0 Å². The molecule has 0 aliphatic rings. The van der Waals surface area contributed by atoms with E-state index in [4.69, 9.17) is 0 Å². The predicted molar refractivity (Wildman–Crippen MR) is 132 cm³/mol. The zero-order chi connectivity index (χ0) is 23.1. The highest BCUT2D eigenvalue weighted by Crippen LogP contribution is 2.25. The molecule has 0 saturated heterocycles. The van der Waals surface area contributed by atoms with E-state index in [9.17, 15) is 14.7 Å². The molecule has 8 heteroatoms. The molecular weight excluding hydrogens is 442 g/mol. The van der Waals surface area contributed by atoms with E-state index in [1.165, 1.54) is 11.3 Å². The Bertz CT molecular complexity index is 1060. The quantitative estimate of drug-likeness (QED) is 0.428. The first-order valence-electron chi connectivity index (χ1n) is 10.2. The van der Waals surface area contributed by atoms with Crippen molar-refractivity contribution in [1.82, 2.24) is 10.3 Å². The molecule has 1 unspecified atom stereocenters. The molecule has 1 heterocycles. The summed E-state index contributed by atoms with van der Waals surface area (Å²) in [6, 6.07) is 15.8. The molecule has 168 valence electrons. The zero-order valence-corrected chi connectivity index (χ0v) is 19.9. The Morgan fingerprint density at radius 1 is 1.16 bits per heavy atom. The van der Waals surface area contributed by atoms with Crippen LogP contribution < -0.4 is 10.6 Å². The van der Waals surface area contributed by atoms with Gasteiger partial charge in [-0.05, 0) is 50.0 Å². The molecule has 0 spiro atoms. The van der Waals surface area contributed by atoms with Crippen molar-refractivity contribution in [3.8, 4) is 11.3 Å². The van der Waals surface area contributed by atoms with E-state index in [0.717, 1.165) is 17.0 Å². The summed E-state index contributed by atoms with van der Waals surface area (Å²) in [5.74, 6) is 0.0522. The number of hydrogen-bond acceptors (Lipinski definition) is 6. The molecular formula is C24H27N3O3S2. The summed E-state index contributed by atoms with van der Waals surface area (Å²) in [6.07, 6.45) is 2.44. The summed E-state index contributed by atoms with van der Waals surface area (Å²) in [6.45, 7) is 3.33. The zero-order valence-electron chi connectivity index (χ0n) is 18.3. The molecule has 0 bridgehead atoms. The van der Waals surface area contributed by atoms with Crippen LogP contribution in [-0.4, -0.2) is 40.0 Å². The van der Waals surface area contributed by atoms with Gasteiger partial charge in [-0.2, -0.15) is 11.8 Å². The third-order valence-electron chi connectivity index (χ3n) is 4.87. The van der Waals surface area contributed by atoms with Gasteiger partial charge < -0.3 is 15.7 Å². The van der Waals surface area contributed by atoms with Crippen LogP contribution in [0.4, 0.5) is 5.13 Å². The molecule has 32 heavy (non-hydrogen) atoms. The molecule has 0 fully saturated rings. The van der Waals surface area contributed by atoms with Crippen molar-refractivity contribution in [1.29, 1.82) is 0 Å². The van der Waals surface area contributed by atoms with Gasteiger partial charge in [-0.25, -0.2) is 4.98 Å². The third-order valence-corrected chi connectivity index (χ3v) is 6.27. The van der Waals surface area contributed by atoms with Crippen LogP contribution >= 0.6 is 23.1 Å². The number of aliphatic hydroxyl groups is 1. The Kier molecular flexibility index (Phi) is 8.06. The lowest BCUT2D eigenvalue weighted by Gasteiger charge is -2.20. The number of hydrogen-bond donors (Lipinski definition) is 3. The minimum atomic E-state index is -1.06. The monoisotopic (exact) mass is 469 g/mol. The first-order chi connectivity index (χ1) is 15.3. The maximum absolute atomic E-state index is 12.9. The highest BCUT2D eigenvalue weighted by molar-refractivity contribution is 7.98. The maximum Gasteiger partial charge on any atom is 0.251 e. The van der Waals surface area contributed by atoms with Crippen molar-refractivity contribution < 1.29 is 14.7 Å². The lowest BCUT2D eigenvalue weighted by atomic mass is 9.96. The predicted octanol–water partition coefficient (Wildman–Crippen LogP) is 4.53. The molecule has 2 amide bonds. The Morgan fingerprint density at radius 3 is 2.59 bits per heavy atom. The molecule has 6 nitrogen and oxygen atoms in total. The average Bonchev–Trinajstić information content (AvgIpc) is 3.25. The number of nitrogens with zero attached hydrogens (tertiary/aromatic N) is 1. The Hall–Kier alpha value is -2.68. The van der Waals surface area contributed by atoms with E-state index in [0.29, 0.717) is 22.7 Å². The third kappa shape index (κ3) is 6.41. The Morgan fingerprint density at radius 2 is 1.91 bits per heavy atom. The average molecular weight is 470 g/mol. The molecule has 0 radical (unpaired) electrons. The molecule has 1 aromatic heterocycles. The molecule has 1 atom stereocenters. The minimum absolute atomic E-state index is 0.306. The first kappa shape index (κ1) is 24.0. The highest BCUT2D eigenvalue weighted by atomic mass is 32.2. The van der Waals surface area contributed by atoms with Crippen molar-refractivity contribution >= 4 is 40.0 Å². The lowest BCUT2D eigenvalue weighted by Crippen LogP contribution is -2.44. The minimum Gasteiger partial charge on any atom is -0.386 e. The number of amides is 2. The van der Waals surface area contributed by atoms with E-state index in [2.05, 4.69) is 15.6 Å². The number of aromatic nitrogens is 1. The normalized spacial score (nSPS) is 12.2. The van der Waals surface area contributed by atoms with Gasteiger partial charge >= 0.3 is 0 Å². The van der Waals surface area contributed by atoms with E-state index >= 15 is 0 Å². The summed E-state index contributed by atoms with van der Waals surface area (Å²) in [4.78, 5) is 30.3. The highest BCUT2D eigenvalue weighted by Gasteiger charge is 2.23. The summed E-state index contributed by atoms with van der Waals surface area (Å²) >= 11 is 2.95. The van der Waals surface area contributed by atoms with Gasteiger partial charge in [-0.15, -0.1) is 11.3 Å². The Balaban J connectivity index is 1.71. The Labute approximate surface area is 196 Å². The van der Waals surface area contributed by atoms with Crippen molar-refractivity contribution in [3.63, 3.8) is 0 Å². The number of carbonyl (C=O) groups excluding carboxylic acids is 2. The summed E-state index contributed by atoms with van der Waals surface area (Å²) < 4.78 is 0. The number of carbonyl (C=O) groups is 2. The second-order valence-electron chi connectivity index (χ2n) is 7.84. The number of anilines is 1. The van der Waals surface area contributed by atoms with Gasteiger partial charge in [0.2, 0.25) is 5.91 Å². The van der Waals surface area contributed by atoms with Crippen molar-refractivity contribution in [2.45, 2.75) is 31.9 Å². The van der Waals surface area contributed by atoms with Crippen molar-refractivity contribution in [2.24, 2.45) is 0 Å². The molecule has 3 rings (SSSR count). The fraction of sp³-hybridized carbons (Fsp3) is 0.292. The molecule has 3 N–H and O–H groups in total. The van der Waals surface area contributed by atoms with Gasteiger partial charge in [0.1, 0.15) is 6.04 Å². The van der Waals surface area contributed by atoms with Crippen LogP contribution in [0.5, 0.6) is 0 Å². The number of thiazole rings is 1. The maximum atomic E-state index is 12.9. The standard InChI is InChI=1S/C24H27N3O3S2/c1-24(2,30)18-11-7-10-17(14-18)21(28)25-19(12-13-31-3)22(29)27-23-26-20(15-32-23)16-8-5-4-6-9-16/h4-11,14-15,19,30H,12-13H2,1-3H3,(H,25,28)(H,26,27,29). The summed E-state index contributed by atoms with van der Waals surface area (Å²) in [7, 11) is 0. The molecule has 0 aliphatic carbocycles. The van der Waals surface area contributed by atoms with Crippen molar-refractivity contribution in [2.75, 3.05) is 17.3 Å². The fourth-order valence-corrected chi connectivity index (χ4v) is 4.25. The SMILES string of the molecule is CSCCC(NC(=O)c1cccc(C(C)(C)O)c1)C(=O)Nc1nc(-c2ccccc2)cs1. The first-order valence-corrected chi connectivity index (χ1v) is 12.5. The van der Waals surface area contributed by atoms with Crippen LogP contribution in [0.25, 0.3) is 11.3 Å². The van der Waals surface area contributed by atoms with Gasteiger partial charge in [-0.3, -0.25) is 9.59 Å². The van der Waals surface area contributed by atoms with Crippen LogP contribution in [0.1, 0.15) is 36.2 Å². The largest absolute Gasteiger partial charge is 0.386 e. The van der Waals surface area contributed by atoms with Gasteiger partial charge in [0, 0.05) is 16.5 Å². The molecule has 0 aliphatic heterocycles. The van der Waals surface area contributed by atoms with Gasteiger partial charge in [0.05, 0.1) is 11.3 Å². The van der Waals surface area contributed by atoms with Crippen LogP contribution in [0.3, 0.4) is 0 Å². The smallest absolute Gasteiger partial charge is 0.251 e. The summed E-state index contributed by atoms with van der Waals surface area (Å²) in [5.41, 5.74) is 1.73. The van der Waals surface area contributed by atoms with Crippen molar-refractivity contribution in [3.05, 3.63) is 71.1 Å². The second kappa shape index (κ2) is 10.8. The van der Waals surface area contributed by atoms with Gasteiger partial charge in [0.25, 0.3) is 5.91 Å². The topological polar surface area (TPSA) is 91.3 Å². The van der Waals surface area contributed by atoms with E-state index < -0.39 is 11.6 Å². The number of thioether (sulfide) groups is 1. The molecule has 3 aromatic rings. The van der Waals surface area contributed by atoms with Gasteiger partial charge in [-0.1, -0.05) is 42.5 Å². The van der Waals surface area contributed by atoms with Crippen LogP contribution in [0.2, 0.25) is 0 Å². The van der Waals surface area contributed by atoms with Crippen LogP contribution in [0, 0.1) is 0 Å². The van der Waals surface area contributed by atoms with E-state index in [1.54, 1.807) is 49.9 Å². The molecule has 0 saturated carbocycles. The number of benzene rings is 2. The number of rotatable bonds is 9. The van der Waals surface area contributed by atoms with E-state index in [1.807, 2.05) is 42.0 Å². The molecule has 2 aromatic carbocycles. The lowest BCUT2D eigenvalue weighted by molar-refractivity contribution is -0.118. The number of nitrogens with one attached hydrogen (secondary N) is 2. The van der Waals surface area contributed by atoms with Gasteiger partial charge in [0.15, 0.2) is 5.13 Å².